The number of sulfonamides is 1. The highest BCUT2D eigenvalue weighted by molar-refractivity contribution is 9.09. The van der Waals surface area contributed by atoms with Gasteiger partial charge in [-0.1, -0.05) is 41.4 Å². The first-order valence-electron chi connectivity index (χ1n) is 6.13. The number of rotatable bonds is 7. The van der Waals surface area contributed by atoms with E-state index in [9.17, 15) is 8.42 Å². The molecule has 0 bridgehead atoms. The molecule has 0 amide bonds. The second-order valence-corrected chi connectivity index (χ2v) is 7.10. The molecule has 0 heterocycles. The maximum Gasteiger partial charge on any atom is 0.242 e. The van der Waals surface area contributed by atoms with Gasteiger partial charge in [-0.05, 0) is 30.5 Å². The van der Waals surface area contributed by atoms with Crippen molar-refractivity contribution in [1.29, 1.82) is 0 Å². The molecule has 0 aliphatic carbocycles. The van der Waals surface area contributed by atoms with Crippen molar-refractivity contribution in [3.8, 4) is 0 Å². The molecule has 18 heavy (non-hydrogen) atoms. The van der Waals surface area contributed by atoms with Crippen LogP contribution in [0.4, 0.5) is 0 Å². The Bertz CT molecular complexity index is 456. The summed E-state index contributed by atoms with van der Waals surface area (Å²) in [7, 11) is -1.69. The number of aryl methyl sites for hydroxylation is 1. The monoisotopic (exact) mass is 333 g/mol. The molecule has 0 aliphatic heterocycles. The zero-order chi connectivity index (χ0) is 13.6. The van der Waals surface area contributed by atoms with Crippen molar-refractivity contribution in [2.75, 3.05) is 18.9 Å². The Morgan fingerprint density at radius 3 is 2.33 bits per heavy atom. The Morgan fingerprint density at radius 2 is 1.83 bits per heavy atom. The molecule has 3 nitrogen and oxygen atoms in total. The molecule has 0 saturated carbocycles. The number of unbranched alkanes of at least 4 members (excludes halogenated alkanes) is 1. The van der Waals surface area contributed by atoms with E-state index in [0.29, 0.717) is 11.4 Å². The van der Waals surface area contributed by atoms with Crippen molar-refractivity contribution < 1.29 is 8.42 Å². The van der Waals surface area contributed by atoms with Crippen LogP contribution in [0, 0.1) is 0 Å². The van der Waals surface area contributed by atoms with Crippen LogP contribution in [0.15, 0.2) is 29.2 Å². The number of hydrogen-bond donors (Lipinski definition) is 0. The highest BCUT2D eigenvalue weighted by Gasteiger charge is 2.19. The van der Waals surface area contributed by atoms with Crippen molar-refractivity contribution in [2.45, 2.75) is 31.1 Å². The molecule has 1 rings (SSSR count). The molecule has 1 aromatic rings. The first-order chi connectivity index (χ1) is 8.52. The first kappa shape index (κ1) is 15.7. The lowest BCUT2D eigenvalue weighted by Crippen LogP contribution is -2.27. The number of hydrogen-bond acceptors (Lipinski definition) is 2. The summed E-state index contributed by atoms with van der Waals surface area (Å²) in [5.74, 6) is 0. The average molecular weight is 334 g/mol. The van der Waals surface area contributed by atoms with Gasteiger partial charge in [0.25, 0.3) is 0 Å². The van der Waals surface area contributed by atoms with Gasteiger partial charge >= 0.3 is 0 Å². The van der Waals surface area contributed by atoms with Crippen molar-refractivity contribution >= 4 is 26.0 Å². The lowest BCUT2D eigenvalue weighted by molar-refractivity contribution is 0.459. The van der Waals surface area contributed by atoms with Gasteiger partial charge < -0.3 is 0 Å². The Kier molecular flexibility index (Phi) is 6.32. The van der Waals surface area contributed by atoms with Crippen LogP contribution < -0.4 is 0 Å². The summed E-state index contributed by atoms with van der Waals surface area (Å²) in [6, 6.07) is 7.13. The summed E-state index contributed by atoms with van der Waals surface area (Å²) in [5, 5.41) is 0.884. The van der Waals surface area contributed by atoms with Crippen molar-refractivity contribution in [1.82, 2.24) is 4.31 Å². The van der Waals surface area contributed by atoms with E-state index in [2.05, 4.69) is 22.9 Å². The van der Waals surface area contributed by atoms with Gasteiger partial charge in [0, 0.05) is 18.9 Å². The summed E-state index contributed by atoms with van der Waals surface area (Å²) in [5.41, 5.74) is 1.14. The molecule has 0 fully saturated rings. The molecule has 5 heteroatoms. The Labute approximate surface area is 118 Å². The first-order valence-corrected chi connectivity index (χ1v) is 8.69. The fourth-order valence-corrected chi connectivity index (χ4v) is 3.29. The molecule has 0 N–H and O–H groups in total. The summed E-state index contributed by atoms with van der Waals surface area (Å²) >= 11 is 3.37. The Hall–Kier alpha value is -0.390. The van der Waals surface area contributed by atoms with E-state index in [1.807, 2.05) is 12.1 Å². The van der Waals surface area contributed by atoms with Gasteiger partial charge in [-0.25, -0.2) is 12.7 Å². The molecule has 0 aliphatic rings. The SMILES string of the molecule is CCCCN(C)S(=O)(=O)c1ccc(CCBr)cc1. The van der Waals surface area contributed by atoms with Crippen LogP contribution in [0.25, 0.3) is 0 Å². The average Bonchev–Trinajstić information content (AvgIpc) is 2.37. The van der Waals surface area contributed by atoms with Gasteiger partial charge in [-0.3, -0.25) is 0 Å². The maximum absolute atomic E-state index is 12.2. The van der Waals surface area contributed by atoms with E-state index in [1.54, 1.807) is 19.2 Å². The van der Waals surface area contributed by atoms with Crippen LogP contribution in [0.3, 0.4) is 0 Å². The Morgan fingerprint density at radius 1 is 1.22 bits per heavy atom. The van der Waals surface area contributed by atoms with Crippen LogP contribution in [0.1, 0.15) is 25.3 Å². The van der Waals surface area contributed by atoms with E-state index in [-0.39, 0.29) is 0 Å². The minimum absolute atomic E-state index is 0.374. The molecule has 0 unspecified atom stereocenters. The smallest absolute Gasteiger partial charge is 0.207 e. The number of alkyl halides is 1. The van der Waals surface area contributed by atoms with Crippen molar-refractivity contribution in [3.05, 3.63) is 29.8 Å². The molecular weight excluding hydrogens is 314 g/mol. The largest absolute Gasteiger partial charge is 0.242 e. The summed E-state index contributed by atoms with van der Waals surface area (Å²) < 4.78 is 25.9. The van der Waals surface area contributed by atoms with E-state index >= 15 is 0 Å². The molecule has 1 aromatic carbocycles. The fourth-order valence-electron chi connectivity index (χ4n) is 1.62. The molecule has 0 atom stereocenters. The minimum Gasteiger partial charge on any atom is -0.207 e. The quantitative estimate of drug-likeness (QED) is 0.719. The fraction of sp³-hybridized carbons (Fsp3) is 0.538. The van der Waals surface area contributed by atoms with Crippen LogP contribution in [-0.2, 0) is 16.4 Å². The molecule has 0 radical (unpaired) electrons. The highest BCUT2D eigenvalue weighted by Crippen LogP contribution is 2.16. The van der Waals surface area contributed by atoms with Gasteiger partial charge in [-0.2, -0.15) is 0 Å². The van der Waals surface area contributed by atoms with E-state index in [0.717, 1.165) is 30.2 Å². The zero-order valence-electron chi connectivity index (χ0n) is 10.9. The minimum atomic E-state index is -3.32. The van der Waals surface area contributed by atoms with Gasteiger partial charge in [0.1, 0.15) is 0 Å². The van der Waals surface area contributed by atoms with Crippen LogP contribution in [0.5, 0.6) is 0 Å². The Balaban J connectivity index is 2.84. The van der Waals surface area contributed by atoms with Crippen LogP contribution in [0.2, 0.25) is 0 Å². The molecule has 0 saturated heterocycles. The summed E-state index contributed by atoms with van der Waals surface area (Å²) in [6.07, 6.45) is 2.79. The van der Waals surface area contributed by atoms with Gasteiger partial charge in [-0.15, -0.1) is 0 Å². The second kappa shape index (κ2) is 7.26. The third kappa shape index (κ3) is 4.07. The number of benzene rings is 1. The van der Waals surface area contributed by atoms with Gasteiger partial charge in [0.05, 0.1) is 4.90 Å². The molecule has 0 spiro atoms. The third-order valence-electron chi connectivity index (χ3n) is 2.84. The number of nitrogens with zero attached hydrogens (tertiary/aromatic N) is 1. The van der Waals surface area contributed by atoms with Crippen LogP contribution >= 0.6 is 15.9 Å². The normalized spacial score (nSPS) is 12.0. The summed E-state index contributed by atoms with van der Waals surface area (Å²) in [6.45, 7) is 2.62. The van der Waals surface area contributed by atoms with Gasteiger partial charge in [0.2, 0.25) is 10.0 Å². The van der Waals surface area contributed by atoms with E-state index in [4.69, 9.17) is 0 Å². The van der Waals surface area contributed by atoms with Crippen LogP contribution in [-0.4, -0.2) is 31.6 Å². The van der Waals surface area contributed by atoms with Gasteiger partial charge in [0.15, 0.2) is 0 Å². The topological polar surface area (TPSA) is 37.4 Å². The summed E-state index contributed by atoms with van der Waals surface area (Å²) in [4.78, 5) is 0.374. The molecule has 102 valence electrons. The standard InChI is InChI=1S/C13H20BrNO2S/c1-3-4-11-15(2)18(16,17)13-7-5-12(6-8-13)9-10-14/h5-8H,3-4,9-11H2,1-2H3. The van der Waals surface area contributed by atoms with Crippen molar-refractivity contribution in [2.24, 2.45) is 0 Å². The third-order valence-corrected chi connectivity index (χ3v) is 5.11. The zero-order valence-corrected chi connectivity index (χ0v) is 13.3. The van der Waals surface area contributed by atoms with E-state index < -0.39 is 10.0 Å². The lowest BCUT2D eigenvalue weighted by atomic mass is 10.2. The lowest BCUT2D eigenvalue weighted by Gasteiger charge is -2.16. The second-order valence-electron chi connectivity index (χ2n) is 4.26. The predicted octanol–water partition coefficient (Wildman–Crippen LogP) is 3.04. The predicted molar refractivity (Wildman–Crippen MR) is 78.7 cm³/mol. The van der Waals surface area contributed by atoms with Crippen molar-refractivity contribution in [3.63, 3.8) is 0 Å². The molecule has 0 aromatic heterocycles. The number of halogens is 1. The maximum atomic E-state index is 12.2. The highest BCUT2D eigenvalue weighted by atomic mass is 79.9. The molecular formula is C13H20BrNO2S. The van der Waals surface area contributed by atoms with E-state index in [1.165, 1.54) is 4.31 Å².